The SMILES string of the molecule is COc1cccc(N([C@@H](C)C(=O)N[C@H](C)COc2ccc(C)cc2)S(C)(=O)=O)c1. The fourth-order valence-corrected chi connectivity index (χ4v) is 3.98. The van der Waals surface area contributed by atoms with Gasteiger partial charge in [-0.05, 0) is 45.0 Å². The Morgan fingerprint density at radius 3 is 2.34 bits per heavy atom. The van der Waals surface area contributed by atoms with Crippen LogP contribution >= 0.6 is 0 Å². The van der Waals surface area contributed by atoms with E-state index in [1.807, 2.05) is 31.2 Å². The molecule has 2 rings (SSSR count). The number of hydrogen-bond donors (Lipinski definition) is 1. The van der Waals surface area contributed by atoms with Crippen LogP contribution in [0.3, 0.4) is 0 Å². The standard InChI is InChI=1S/C21H28N2O5S/c1-15-9-11-19(12-10-15)28-14-16(2)22-21(24)17(3)23(29(5,25)26)18-7-6-8-20(13-18)27-4/h6-13,16-17H,14H2,1-5H3,(H,22,24)/t16-,17+/m1/s1. The first-order valence-corrected chi connectivity index (χ1v) is 11.1. The monoisotopic (exact) mass is 420 g/mol. The molecule has 0 aromatic heterocycles. The van der Waals surface area contributed by atoms with Crippen LogP contribution in [0.5, 0.6) is 11.5 Å². The summed E-state index contributed by atoms with van der Waals surface area (Å²) in [6.45, 7) is 5.60. The molecule has 2 atom stereocenters. The summed E-state index contributed by atoms with van der Waals surface area (Å²) in [6.07, 6.45) is 1.07. The zero-order valence-corrected chi connectivity index (χ0v) is 18.2. The van der Waals surface area contributed by atoms with Crippen molar-refractivity contribution in [2.24, 2.45) is 0 Å². The molecule has 0 saturated carbocycles. The Kier molecular flexibility index (Phi) is 7.50. The number of nitrogens with one attached hydrogen (secondary N) is 1. The number of rotatable bonds is 9. The number of ether oxygens (including phenoxy) is 2. The quantitative estimate of drug-likeness (QED) is 0.674. The number of carbonyl (C=O) groups excluding carboxylic acids is 1. The van der Waals surface area contributed by atoms with Gasteiger partial charge in [0.2, 0.25) is 15.9 Å². The Morgan fingerprint density at radius 2 is 1.76 bits per heavy atom. The van der Waals surface area contributed by atoms with Crippen LogP contribution in [0, 0.1) is 6.92 Å². The van der Waals surface area contributed by atoms with E-state index < -0.39 is 22.0 Å². The van der Waals surface area contributed by atoms with E-state index in [0.29, 0.717) is 17.2 Å². The highest BCUT2D eigenvalue weighted by molar-refractivity contribution is 7.92. The lowest BCUT2D eigenvalue weighted by Crippen LogP contribution is -2.50. The Bertz CT molecular complexity index is 928. The molecule has 2 aromatic rings. The number of sulfonamides is 1. The molecule has 7 nitrogen and oxygen atoms in total. The largest absolute Gasteiger partial charge is 0.497 e. The Morgan fingerprint density at radius 1 is 1.10 bits per heavy atom. The van der Waals surface area contributed by atoms with Crippen molar-refractivity contribution in [3.63, 3.8) is 0 Å². The van der Waals surface area contributed by atoms with Gasteiger partial charge in [0, 0.05) is 6.07 Å². The van der Waals surface area contributed by atoms with Gasteiger partial charge in [-0.25, -0.2) is 8.42 Å². The molecule has 0 heterocycles. The smallest absolute Gasteiger partial charge is 0.243 e. The topological polar surface area (TPSA) is 84.9 Å². The van der Waals surface area contributed by atoms with Gasteiger partial charge in [0.1, 0.15) is 24.1 Å². The second-order valence-corrected chi connectivity index (χ2v) is 8.83. The lowest BCUT2D eigenvalue weighted by Gasteiger charge is -2.29. The summed E-state index contributed by atoms with van der Waals surface area (Å²) in [6, 6.07) is 12.9. The number of aryl methyl sites for hydroxylation is 1. The minimum Gasteiger partial charge on any atom is -0.497 e. The lowest BCUT2D eigenvalue weighted by molar-refractivity contribution is -0.122. The lowest BCUT2D eigenvalue weighted by atomic mass is 10.2. The van der Waals surface area contributed by atoms with Crippen molar-refractivity contribution >= 4 is 21.6 Å². The van der Waals surface area contributed by atoms with E-state index in [4.69, 9.17) is 9.47 Å². The van der Waals surface area contributed by atoms with Crippen molar-refractivity contribution < 1.29 is 22.7 Å². The Labute approximate surface area is 172 Å². The van der Waals surface area contributed by atoms with Gasteiger partial charge in [-0.2, -0.15) is 0 Å². The predicted octanol–water partition coefficient (Wildman–Crippen LogP) is 2.74. The molecule has 0 bridgehead atoms. The molecule has 0 aliphatic carbocycles. The second-order valence-electron chi connectivity index (χ2n) is 6.97. The molecule has 158 valence electrons. The summed E-state index contributed by atoms with van der Waals surface area (Å²) < 4.78 is 36.7. The van der Waals surface area contributed by atoms with Crippen molar-refractivity contribution in [1.29, 1.82) is 0 Å². The van der Waals surface area contributed by atoms with Crippen LogP contribution < -0.4 is 19.1 Å². The van der Waals surface area contributed by atoms with Crippen molar-refractivity contribution in [2.45, 2.75) is 32.9 Å². The molecule has 8 heteroatoms. The highest BCUT2D eigenvalue weighted by Crippen LogP contribution is 2.25. The maximum absolute atomic E-state index is 12.7. The van der Waals surface area contributed by atoms with Crippen LogP contribution in [0.4, 0.5) is 5.69 Å². The molecule has 0 radical (unpaired) electrons. The van der Waals surface area contributed by atoms with Crippen LogP contribution in [0.2, 0.25) is 0 Å². The van der Waals surface area contributed by atoms with E-state index in [2.05, 4.69) is 5.32 Å². The zero-order chi connectivity index (χ0) is 21.6. The van der Waals surface area contributed by atoms with E-state index in [9.17, 15) is 13.2 Å². The third-order valence-electron chi connectivity index (χ3n) is 4.31. The van der Waals surface area contributed by atoms with Crippen molar-refractivity contribution in [3.8, 4) is 11.5 Å². The summed E-state index contributed by atoms with van der Waals surface area (Å²) in [5, 5.41) is 2.81. The molecule has 0 saturated heterocycles. The third kappa shape index (κ3) is 6.39. The molecule has 1 amide bonds. The summed E-state index contributed by atoms with van der Waals surface area (Å²) in [5.74, 6) is 0.792. The average molecular weight is 421 g/mol. The molecule has 29 heavy (non-hydrogen) atoms. The van der Waals surface area contributed by atoms with Crippen LogP contribution in [0.25, 0.3) is 0 Å². The first kappa shape index (κ1) is 22.5. The number of amides is 1. The molecule has 0 spiro atoms. The van der Waals surface area contributed by atoms with Crippen LogP contribution in [0.15, 0.2) is 48.5 Å². The molecule has 1 N–H and O–H groups in total. The highest BCUT2D eigenvalue weighted by atomic mass is 32.2. The van der Waals surface area contributed by atoms with Crippen LogP contribution in [-0.2, 0) is 14.8 Å². The fraction of sp³-hybridized carbons (Fsp3) is 0.381. The molecule has 0 aliphatic heterocycles. The number of methoxy groups -OCH3 is 1. The van der Waals surface area contributed by atoms with Gasteiger partial charge in [0.05, 0.1) is 25.1 Å². The minimum absolute atomic E-state index is 0.263. The summed E-state index contributed by atoms with van der Waals surface area (Å²) in [7, 11) is -2.20. The average Bonchev–Trinajstić information content (AvgIpc) is 2.66. The number of carbonyl (C=O) groups is 1. The van der Waals surface area contributed by atoms with Gasteiger partial charge in [0.15, 0.2) is 0 Å². The molecule has 0 unspecified atom stereocenters. The van der Waals surface area contributed by atoms with E-state index in [1.54, 1.807) is 38.1 Å². The van der Waals surface area contributed by atoms with Gasteiger partial charge >= 0.3 is 0 Å². The van der Waals surface area contributed by atoms with Gasteiger partial charge in [0.25, 0.3) is 0 Å². The highest BCUT2D eigenvalue weighted by Gasteiger charge is 2.30. The zero-order valence-electron chi connectivity index (χ0n) is 17.4. The summed E-state index contributed by atoms with van der Waals surface area (Å²) >= 11 is 0. The molecule has 0 fully saturated rings. The van der Waals surface area contributed by atoms with Crippen molar-refractivity contribution in [1.82, 2.24) is 5.32 Å². The van der Waals surface area contributed by atoms with E-state index in [-0.39, 0.29) is 12.6 Å². The second kappa shape index (κ2) is 9.65. The molecule has 2 aromatic carbocycles. The summed E-state index contributed by atoms with van der Waals surface area (Å²) in [4.78, 5) is 12.7. The van der Waals surface area contributed by atoms with E-state index >= 15 is 0 Å². The maximum Gasteiger partial charge on any atom is 0.243 e. The molecular formula is C21H28N2O5S. The van der Waals surface area contributed by atoms with Crippen molar-refractivity contribution in [3.05, 3.63) is 54.1 Å². The third-order valence-corrected chi connectivity index (χ3v) is 5.55. The first-order valence-electron chi connectivity index (χ1n) is 9.25. The molecular weight excluding hydrogens is 392 g/mol. The van der Waals surface area contributed by atoms with E-state index in [0.717, 1.165) is 16.1 Å². The normalized spacial score (nSPS) is 13.3. The number of benzene rings is 2. The predicted molar refractivity (Wildman–Crippen MR) is 114 cm³/mol. The van der Waals surface area contributed by atoms with Gasteiger partial charge in [-0.1, -0.05) is 23.8 Å². The Hall–Kier alpha value is -2.74. The van der Waals surface area contributed by atoms with Crippen molar-refractivity contribution in [2.75, 3.05) is 24.3 Å². The summed E-state index contributed by atoms with van der Waals surface area (Å²) in [5.41, 5.74) is 1.49. The van der Waals surface area contributed by atoms with Gasteiger partial charge in [-0.15, -0.1) is 0 Å². The Balaban J connectivity index is 2.07. The fourth-order valence-electron chi connectivity index (χ4n) is 2.82. The minimum atomic E-state index is -3.70. The van der Waals surface area contributed by atoms with Crippen LogP contribution in [0.1, 0.15) is 19.4 Å². The number of anilines is 1. The van der Waals surface area contributed by atoms with E-state index in [1.165, 1.54) is 7.11 Å². The van der Waals surface area contributed by atoms with Gasteiger partial charge < -0.3 is 14.8 Å². The number of nitrogens with zero attached hydrogens (tertiary/aromatic N) is 1. The maximum atomic E-state index is 12.7. The first-order chi connectivity index (χ1) is 13.6. The van der Waals surface area contributed by atoms with Gasteiger partial charge in [-0.3, -0.25) is 9.10 Å². The number of hydrogen-bond acceptors (Lipinski definition) is 5. The molecule has 0 aliphatic rings. The van der Waals surface area contributed by atoms with Crippen LogP contribution in [-0.4, -0.2) is 46.4 Å².